The highest BCUT2D eigenvalue weighted by Crippen LogP contribution is 2.41. The van der Waals surface area contributed by atoms with E-state index >= 15 is 0 Å². The Labute approximate surface area is 99.1 Å². The Hall–Kier alpha value is -0.0800. The van der Waals surface area contributed by atoms with E-state index in [1.165, 1.54) is 12.8 Å². The van der Waals surface area contributed by atoms with Crippen LogP contribution in [-0.2, 0) is 0 Å². The van der Waals surface area contributed by atoms with Gasteiger partial charge in [-0.05, 0) is 49.4 Å². The molecule has 2 fully saturated rings. The van der Waals surface area contributed by atoms with Crippen LogP contribution in [-0.4, -0.2) is 22.4 Å². The lowest BCUT2D eigenvalue weighted by Crippen LogP contribution is -2.41. The van der Waals surface area contributed by atoms with Gasteiger partial charge in [0.05, 0.1) is 12.2 Å². The predicted molar refractivity (Wildman–Crippen MR) is 65.0 cm³/mol. The SMILES string of the molecule is CC1CCC(C2CCC(C)CC2O)C(O)C1. The standard InChI is InChI=1S/C14H26O2/c1-9-3-5-11(13(15)7-9)12-6-4-10(2)8-14(12)16/h9-16H,3-8H2,1-2H3. The Morgan fingerprint density at radius 1 is 0.688 bits per heavy atom. The number of aliphatic hydroxyl groups is 2. The molecule has 2 aliphatic carbocycles. The van der Waals surface area contributed by atoms with Gasteiger partial charge in [-0.25, -0.2) is 0 Å². The maximum absolute atomic E-state index is 10.2. The molecule has 2 N–H and O–H groups in total. The molecule has 2 aliphatic rings. The van der Waals surface area contributed by atoms with E-state index in [-0.39, 0.29) is 12.2 Å². The van der Waals surface area contributed by atoms with Gasteiger partial charge in [-0.2, -0.15) is 0 Å². The lowest BCUT2D eigenvalue weighted by Gasteiger charge is -2.42. The zero-order chi connectivity index (χ0) is 11.7. The summed E-state index contributed by atoms with van der Waals surface area (Å²) >= 11 is 0. The number of hydrogen-bond acceptors (Lipinski definition) is 2. The first-order valence-corrected chi connectivity index (χ1v) is 6.94. The molecular weight excluding hydrogens is 200 g/mol. The van der Waals surface area contributed by atoms with Gasteiger partial charge in [0.15, 0.2) is 0 Å². The van der Waals surface area contributed by atoms with E-state index in [1.807, 2.05) is 0 Å². The summed E-state index contributed by atoms with van der Waals surface area (Å²) in [4.78, 5) is 0. The molecule has 0 aromatic heterocycles. The highest BCUT2D eigenvalue weighted by molar-refractivity contribution is 4.89. The normalized spacial score (nSPS) is 50.2. The molecule has 6 atom stereocenters. The Morgan fingerprint density at radius 2 is 1.06 bits per heavy atom. The molecular formula is C14H26O2. The summed E-state index contributed by atoms with van der Waals surface area (Å²) in [5, 5.41) is 20.3. The first kappa shape index (κ1) is 12.4. The van der Waals surface area contributed by atoms with Crippen molar-refractivity contribution in [3.63, 3.8) is 0 Å². The number of aliphatic hydroxyl groups excluding tert-OH is 2. The summed E-state index contributed by atoms with van der Waals surface area (Å²) in [5.74, 6) is 2.04. The highest BCUT2D eigenvalue weighted by Gasteiger charge is 2.38. The van der Waals surface area contributed by atoms with Gasteiger partial charge in [0.2, 0.25) is 0 Å². The second kappa shape index (κ2) is 5.05. The zero-order valence-electron chi connectivity index (χ0n) is 10.6. The van der Waals surface area contributed by atoms with Crippen molar-refractivity contribution in [2.45, 2.75) is 64.6 Å². The third-order valence-corrected chi connectivity index (χ3v) is 4.81. The molecule has 0 saturated heterocycles. The number of rotatable bonds is 1. The summed E-state index contributed by atoms with van der Waals surface area (Å²) in [5.41, 5.74) is 0. The fourth-order valence-corrected chi connectivity index (χ4v) is 3.75. The zero-order valence-corrected chi connectivity index (χ0v) is 10.6. The molecule has 16 heavy (non-hydrogen) atoms. The van der Waals surface area contributed by atoms with Crippen LogP contribution in [0.25, 0.3) is 0 Å². The van der Waals surface area contributed by atoms with E-state index in [2.05, 4.69) is 13.8 Å². The molecule has 2 heteroatoms. The Balaban J connectivity index is 1.96. The van der Waals surface area contributed by atoms with Crippen molar-refractivity contribution in [3.05, 3.63) is 0 Å². The predicted octanol–water partition coefficient (Wildman–Crippen LogP) is 2.58. The molecule has 2 rings (SSSR count). The topological polar surface area (TPSA) is 40.5 Å². The third kappa shape index (κ3) is 2.60. The average molecular weight is 226 g/mol. The van der Waals surface area contributed by atoms with Gasteiger partial charge in [-0.15, -0.1) is 0 Å². The summed E-state index contributed by atoms with van der Waals surface area (Å²) in [6.45, 7) is 4.44. The van der Waals surface area contributed by atoms with Crippen molar-refractivity contribution < 1.29 is 10.2 Å². The van der Waals surface area contributed by atoms with Gasteiger partial charge in [0.25, 0.3) is 0 Å². The molecule has 0 aromatic rings. The fourth-order valence-electron chi connectivity index (χ4n) is 3.75. The maximum atomic E-state index is 10.2. The molecule has 0 amide bonds. The van der Waals surface area contributed by atoms with E-state index in [9.17, 15) is 10.2 Å². The van der Waals surface area contributed by atoms with Crippen LogP contribution >= 0.6 is 0 Å². The fraction of sp³-hybridized carbons (Fsp3) is 1.00. The van der Waals surface area contributed by atoms with Crippen LogP contribution in [0.2, 0.25) is 0 Å². The molecule has 0 bridgehead atoms. The van der Waals surface area contributed by atoms with Crippen molar-refractivity contribution in [1.82, 2.24) is 0 Å². The summed E-state index contributed by atoms with van der Waals surface area (Å²) in [7, 11) is 0. The molecule has 2 nitrogen and oxygen atoms in total. The van der Waals surface area contributed by atoms with E-state index in [4.69, 9.17) is 0 Å². The van der Waals surface area contributed by atoms with Crippen LogP contribution in [0.4, 0.5) is 0 Å². The molecule has 0 spiro atoms. The quantitative estimate of drug-likeness (QED) is 0.721. The van der Waals surface area contributed by atoms with Crippen molar-refractivity contribution in [2.24, 2.45) is 23.7 Å². The highest BCUT2D eigenvalue weighted by atomic mass is 16.3. The summed E-state index contributed by atoms with van der Waals surface area (Å²) in [6.07, 6.45) is 6.19. The van der Waals surface area contributed by atoms with E-state index < -0.39 is 0 Å². The van der Waals surface area contributed by atoms with Gasteiger partial charge < -0.3 is 10.2 Å². The third-order valence-electron chi connectivity index (χ3n) is 4.81. The van der Waals surface area contributed by atoms with E-state index in [0.29, 0.717) is 23.7 Å². The van der Waals surface area contributed by atoms with E-state index in [1.54, 1.807) is 0 Å². The first-order valence-electron chi connectivity index (χ1n) is 6.94. The molecule has 0 radical (unpaired) electrons. The van der Waals surface area contributed by atoms with Gasteiger partial charge >= 0.3 is 0 Å². The lowest BCUT2D eigenvalue weighted by atomic mass is 9.67. The van der Waals surface area contributed by atoms with Crippen LogP contribution in [0.15, 0.2) is 0 Å². The monoisotopic (exact) mass is 226 g/mol. The van der Waals surface area contributed by atoms with Crippen LogP contribution in [0.5, 0.6) is 0 Å². The second-order valence-corrected chi connectivity index (χ2v) is 6.30. The minimum Gasteiger partial charge on any atom is -0.393 e. The average Bonchev–Trinajstić information content (AvgIpc) is 2.19. The van der Waals surface area contributed by atoms with Crippen molar-refractivity contribution in [1.29, 1.82) is 0 Å². The molecule has 0 aliphatic heterocycles. The molecule has 94 valence electrons. The van der Waals surface area contributed by atoms with Crippen molar-refractivity contribution in [3.8, 4) is 0 Å². The second-order valence-electron chi connectivity index (χ2n) is 6.30. The van der Waals surface area contributed by atoms with Crippen molar-refractivity contribution >= 4 is 0 Å². The van der Waals surface area contributed by atoms with Crippen molar-refractivity contribution in [2.75, 3.05) is 0 Å². The molecule has 6 unspecified atom stereocenters. The maximum Gasteiger partial charge on any atom is 0.0574 e. The van der Waals surface area contributed by atoms with Crippen LogP contribution < -0.4 is 0 Å². The summed E-state index contributed by atoms with van der Waals surface area (Å²) in [6, 6.07) is 0. The van der Waals surface area contributed by atoms with Gasteiger partial charge in [-0.1, -0.05) is 26.7 Å². The van der Waals surface area contributed by atoms with Crippen LogP contribution in [0, 0.1) is 23.7 Å². The number of hydrogen-bond donors (Lipinski definition) is 2. The van der Waals surface area contributed by atoms with Gasteiger partial charge in [-0.3, -0.25) is 0 Å². The summed E-state index contributed by atoms with van der Waals surface area (Å²) < 4.78 is 0. The van der Waals surface area contributed by atoms with Crippen LogP contribution in [0.1, 0.15) is 52.4 Å². The Morgan fingerprint density at radius 3 is 1.38 bits per heavy atom. The van der Waals surface area contributed by atoms with Gasteiger partial charge in [0.1, 0.15) is 0 Å². The smallest absolute Gasteiger partial charge is 0.0574 e. The molecule has 0 heterocycles. The molecule has 2 saturated carbocycles. The lowest BCUT2D eigenvalue weighted by molar-refractivity contribution is -0.0498. The van der Waals surface area contributed by atoms with Crippen LogP contribution in [0.3, 0.4) is 0 Å². The minimum absolute atomic E-state index is 0.170. The Bertz CT molecular complexity index is 205. The largest absolute Gasteiger partial charge is 0.393 e. The first-order chi connectivity index (χ1) is 7.58. The van der Waals surface area contributed by atoms with Gasteiger partial charge in [0, 0.05) is 0 Å². The van der Waals surface area contributed by atoms with E-state index in [0.717, 1.165) is 25.7 Å². The minimum atomic E-state index is -0.170. The Kier molecular flexibility index (Phi) is 3.91. The molecule has 0 aromatic carbocycles.